The van der Waals surface area contributed by atoms with Gasteiger partial charge in [-0.25, -0.2) is 13.1 Å². The summed E-state index contributed by atoms with van der Waals surface area (Å²) in [5.41, 5.74) is 0. The van der Waals surface area contributed by atoms with E-state index in [1.165, 1.54) is 11.3 Å². The molecule has 0 aromatic carbocycles. The third kappa shape index (κ3) is 3.05. The molecule has 3 fully saturated rings. The lowest BCUT2D eigenvalue weighted by molar-refractivity contribution is -0.943. The van der Waals surface area contributed by atoms with Crippen LogP contribution in [0.4, 0.5) is 0 Å². The van der Waals surface area contributed by atoms with E-state index in [0.717, 1.165) is 19.5 Å². The number of rotatable bonds is 5. The summed E-state index contributed by atoms with van der Waals surface area (Å²) < 4.78 is 26.0. The molecule has 0 amide bonds. The van der Waals surface area contributed by atoms with Gasteiger partial charge in [-0.2, -0.15) is 0 Å². The summed E-state index contributed by atoms with van der Waals surface area (Å²) in [5, 5.41) is 0. The van der Waals surface area contributed by atoms with Crippen molar-refractivity contribution >= 4 is 10.0 Å². The van der Waals surface area contributed by atoms with Gasteiger partial charge >= 0.3 is 0 Å². The third-order valence-electron chi connectivity index (χ3n) is 4.29. The van der Waals surface area contributed by atoms with Gasteiger partial charge in [0, 0.05) is 12.8 Å². The third-order valence-corrected chi connectivity index (χ3v) is 5.84. The summed E-state index contributed by atoms with van der Waals surface area (Å²) >= 11 is 0. The molecular weight excluding hydrogens is 248 g/mol. The maximum absolute atomic E-state index is 11.6. The van der Waals surface area contributed by atoms with Gasteiger partial charge in [0.25, 0.3) is 0 Å². The minimum absolute atomic E-state index is 0.228. The molecule has 0 radical (unpaired) electrons. The van der Waals surface area contributed by atoms with E-state index in [9.17, 15) is 8.42 Å². The molecule has 3 rings (SSSR count). The highest BCUT2D eigenvalue weighted by atomic mass is 32.2. The smallest absolute Gasteiger partial charge is 0.211 e. The van der Waals surface area contributed by atoms with Crippen LogP contribution < -0.4 is 9.62 Å². The SMILES string of the molecule is C#C[C@H]1C[NH+]2CC[C@H]1C[C@@H]2CNS(=O)(=O)CCC. The molecule has 0 aromatic rings. The first-order chi connectivity index (χ1) is 8.55. The summed E-state index contributed by atoms with van der Waals surface area (Å²) in [6.07, 6.45) is 8.47. The summed E-state index contributed by atoms with van der Waals surface area (Å²) in [4.78, 5) is 1.49. The Balaban J connectivity index is 1.88. The lowest BCUT2D eigenvalue weighted by Crippen LogP contribution is -3.20. The zero-order valence-corrected chi connectivity index (χ0v) is 11.8. The molecule has 0 aliphatic carbocycles. The van der Waals surface area contributed by atoms with Crippen LogP contribution in [0.1, 0.15) is 26.2 Å². The van der Waals surface area contributed by atoms with Crippen LogP contribution in [0.5, 0.6) is 0 Å². The molecule has 2 bridgehead atoms. The molecule has 1 unspecified atom stereocenters. The maximum atomic E-state index is 11.6. The Morgan fingerprint density at radius 3 is 2.83 bits per heavy atom. The molecule has 18 heavy (non-hydrogen) atoms. The van der Waals surface area contributed by atoms with E-state index in [1.54, 1.807) is 0 Å². The number of piperidine rings is 3. The quantitative estimate of drug-likeness (QED) is 0.646. The first-order valence-corrected chi connectivity index (χ1v) is 8.49. The average Bonchev–Trinajstić information content (AvgIpc) is 2.37. The first-order valence-electron chi connectivity index (χ1n) is 6.83. The predicted molar refractivity (Wildman–Crippen MR) is 71.6 cm³/mol. The van der Waals surface area contributed by atoms with Crippen LogP contribution in [0.2, 0.25) is 0 Å². The summed E-state index contributed by atoms with van der Waals surface area (Å²) in [6.45, 7) is 4.61. The van der Waals surface area contributed by atoms with Crippen molar-refractivity contribution in [3.63, 3.8) is 0 Å². The van der Waals surface area contributed by atoms with Crippen LogP contribution in [0.25, 0.3) is 0 Å². The Kier molecular flexibility index (Phi) is 4.31. The van der Waals surface area contributed by atoms with E-state index in [2.05, 4.69) is 10.6 Å². The van der Waals surface area contributed by atoms with E-state index < -0.39 is 10.0 Å². The van der Waals surface area contributed by atoms with Gasteiger partial charge in [-0.3, -0.25) is 0 Å². The fraction of sp³-hybridized carbons (Fsp3) is 0.846. The van der Waals surface area contributed by atoms with E-state index in [0.29, 0.717) is 30.8 Å². The van der Waals surface area contributed by atoms with Gasteiger partial charge in [-0.05, 0) is 12.3 Å². The molecule has 3 aliphatic heterocycles. The molecule has 0 spiro atoms. The van der Waals surface area contributed by atoms with Crippen LogP contribution in [0.3, 0.4) is 0 Å². The zero-order valence-electron chi connectivity index (χ0n) is 11.0. The van der Waals surface area contributed by atoms with Crippen molar-refractivity contribution in [2.45, 2.75) is 32.2 Å². The van der Waals surface area contributed by atoms with E-state index in [-0.39, 0.29) is 5.75 Å². The second kappa shape index (κ2) is 5.60. The standard InChI is InChI=1S/C13H22N2O2S/c1-3-7-18(16,17)14-9-13-8-12-5-6-15(13)10-11(12)4-2/h2,11-14H,3,5-10H2,1H3/p+1/t11-,12-,13+/m0/s1. The van der Waals surface area contributed by atoms with Crippen molar-refractivity contribution < 1.29 is 13.3 Å². The molecule has 5 heteroatoms. The number of fused-ring (bicyclic) bond motifs is 3. The van der Waals surface area contributed by atoms with Gasteiger partial charge in [-0.1, -0.05) is 12.8 Å². The highest BCUT2D eigenvalue weighted by Gasteiger charge is 2.42. The molecule has 4 atom stereocenters. The van der Waals surface area contributed by atoms with Gasteiger partial charge in [-0.15, -0.1) is 6.42 Å². The first kappa shape index (κ1) is 13.9. The number of nitrogens with one attached hydrogen (secondary N) is 2. The normalized spacial score (nSPS) is 35.3. The Bertz CT molecular complexity index is 427. The molecule has 3 heterocycles. The monoisotopic (exact) mass is 271 g/mol. The van der Waals surface area contributed by atoms with Crippen molar-refractivity contribution in [1.82, 2.24) is 4.72 Å². The Morgan fingerprint density at radius 1 is 1.50 bits per heavy atom. The lowest BCUT2D eigenvalue weighted by atomic mass is 9.76. The van der Waals surface area contributed by atoms with Crippen LogP contribution in [0, 0.1) is 24.2 Å². The molecule has 0 aromatic heterocycles. The van der Waals surface area contributed by atoms with Gasteiger partial charge in [0.15, 0.2) is 0 Å². The summed E-state index contributed by atoms with van der Waals surface area (Å²) in [6, 6.07) is 0.417. The molecule has 0 saturated carbocycles. The van der Waals surface area contributed by atoms with Crippen LogP contribution >= 0.6 is 0 Å². The lowest BCUT2D eigenvalue weighted by Gasteiger charge is -2.45. The Labute approximate surface area is 110 Å². The minimum atomic E-state index is -3.07. The average molecular weight is 271 g/mol. The van der Waals surface area contributed by atoms with Crippen molar-refractivity contribution in [1.29, 1.82) is 0 Å². The second-order valence-electron chi connectivity index (χ2n) is 5.53. The number of hydrogen-bond donors (Lipinski definition) is 2. The van der Waals surface area contributed by atoms with Crippen molar-refractivity contribution in [3.8, 4) is 12.3 Å². The fourth-order valence-electron chi connectivity index (χ4n) is 3.30. The van der Waals surface area contributed by atoms with Gasteiger partial charge in [0.2, 0.25) is 10.0 Å². The highest BCUT2D eigenvalue weighted by molar-refractivity contribution is 7.89. The Hall–Kier alpha value is -0.570. The maximum Gasteiger partial charge on any atom is 0.211 e. The van der Waals surface area contributed by atoms with Crippen molar-refractivity contribution in [3.05, 3.63) is 0 Å². The summed E-state index contributed by atoms with van der Waals surface area (Å²) in [5.74, 6) is 4.12. The van der Waals surface area contributed by atoms with Crippen molar-refractivity contribution in [2.75, 3.05) is 25.4 Å². The number of hydrogen-bond acceptors (Lipinski definition) is 2. The molecule has 4 nitrogen and oxygen atoms in total. The van der Waals surface area contributed by atoms with Crippen LogP contribution in [0.15, 0.2) is 0 Å². The predicted octanol–water partition coefficient (Wildman–Crippen LogP) is -0.758. The van der Waals surface area contributed by atoms with Crippen molar-refractivity contribution in [2.24, 2.45) is 11.8 Å². The number of sulfonamides is 1. The van der Waals surface area contributed by atoms with E-state index >= 15 is 0 Å². The van der Waals surface area contributed by atoms with Gasteiger partial charge in [0.05, 0.1) is 31.3 Å². The Morgan fingerprint density at radius 2 is 2.28 bits per heavy atom. The van der Waals surface area contributed by atoms with Gasteiger partial charge < -0.3 is 4.90 Å². The minimum Gasteiger partial charge on any atom is -0.330 e. The van der Waals surface area contributed by atoms with Crippen LogP contribution in [-0.4, -0.2) is 39.8 Å². The number of quaternary nitrogens is 1. The van der Waals surface area contributed by atoms with E-state index in [4.69, 9.17) is 6.42 Å². The second-order valence-corrected chi connectivity index (χ2v) is 7.46. The largest absolute Gasteiger partial charge is 0.330 e. The van der Waals surface area contributed by atoms with E-state index in [1.807, 2.05) is 6.92 Å². The van der Waals surface area contributed by atoms with Gasteiger partial charge in [0.1, 0.15) is 6.04 Å². The molecule has 3 saturated heterocycles. The molecule has 102 valence electrons. The summed E-state index contributed by atoms with van der Waals surface area (Å²) in [7, 11) is -3.07. The topological polar surface area (TPSA) is 50.6 Å². The molecular formula is C13H23N2O2S+. The highest BCUT2D eigenvalue weighted by Crippen LogP contribution is 2.26. The zero-order chi connectivity index (χ0) is 13.2. The van der Waals surface area contributed by atoms with Crippen LogP contribution in [-0.2, 0) is 10.0 Å². The fourth-order valence-corrected chi connectivity index (χ4v) is 4.44. The molecule has 2 N–H and O–H groups in total. The molecule has 3 aliphatic rings. The number of terminal acetylenes is 1.